The van der Waals surface area contributed by atoms with E-state index in [-0.39, 0.29) is 11.9 Å². The Labute approximate surface area is 113 Å². The number of hydrogen-bond acceptors (Lipinski definition) is 2. The van der Waals surface area contributed by atoms with E-state index in [0.717, 1.165) is 25.7 Å². The third kappa shape index (κ3) is 2.37. The maximum Gasteiger partial charge on any atom is 0.308 e. The van der Waals surface area contributed by atoms with Gasteiger partial charge in [0.1, 0.15) is 0 Å². The van der Waals surface area contributed by atoms with E-state index in [1.54, 1.807) is 0 Å². The Morgan fingerprint density at radius 1 is 1.26 bits per heavy atom. The van der Waals surface area contributed by atoms with Crippen LogP contribution in [0.2, 0.25) is 0 Å². The molecule has 2 heterocycles. The molecule has 0 aromatic carbocycles. The fraction of sp³-hybridized carbons (Fsp3) is 0.438. The normalized spacial score (nSPS) is 23.4. The lowest BCUT2D eigenvalue weighted by Gasteiger charge is -2.26. The standard InChI is InChI=1S/C16H19NO2/c1-19-16(18)13-7-5-12(6-8-13)14-10-15-4-2-3-9-17(15)11-14/h2-4,9-13H,5-8H2,1H3. The molecular weight excluding hydrogens is 238 g/mol. The number of pyridine rings is 1. The average molecular weight is 257 g/mol. The number of fused-ring (bicyclic) bond motifs is 1. The Hall–Kier alpha value is -1.77. The van der Waals surface area contributed by atoms with Gasteiger partial charge in [0.15, 0.2) is 0 Å². The molecule has 0 spiro atoms. The minimum atomic E-state index is -0.0412. The summed E-state index contributed by atoms with van der Waals surface area (Å²) in [4.78, 5) is 11.5. The number of methoxy groups -OCH3 is 1. The van der Waals surface area contributed by atoms with Crippen molar-refractivity contribution in [3.05, 3.63) is 42.2 Å². The Kier molecular flexibility index (Phi) is 3.28. The minimum absolute atomic E-state index is 0.0412. The highest BCUT2D eigenvalue weighted by atomic mass is 16.5. The molecule has 0 aliphatic heterocycles. The number of carbonyl (C=O) groups excluding carboxylic acids is 1. The SMILES string of the molecule is COC(=O)C1CCC(c2cc3ccccn3c2)CC1. The molecule has 3 nitrogen and oxygen atoms in total. The van der Waals surface area contributed by atoms with Crippen molar-refractivity contribution in [1.82, 2.24) is 4.40 Å². The topological polar surface area (TPSA) is 30.7 Å². The van der Waals surface area contributed by atoms with E-state index in [9.17, 15) is 4.79 Å². The Morgan fingerprint density at radius 2 is 2.05 bits per heavy atom. The molecule has 0 atom stereocenters. The van der Waals surface area contributed by atoms with Gasteiger partial charge in [0, 0.05) is 17.9 Å². The summed E-state index contributed by atoms with van der Waals surface area (Å²) in [6, 6.07) is 8.50. The van der Waals surface area contributed by atoms with Crippen molar-refractivity contribution in [1.29, 1.82) is 0 Å². The number of rotatable bonds is 2. The van der Waals surface area contributed by atoms with E-state index in [1.165, 1.54) is 18.2 Å². The fourth-order valence-electron chi connectivity index (χ4n) is 3.13. The van der Waals surface area contributed by atoms with Crippen LogP contribution in [-0.4, -0.2) is 17.5 Å². The molecule has 2 aromatic heterocycles. The fourth-order valence-corrected chi connectivity index (χ4v) is 3.13. The number of aromatic nitrogens is 1. The van der Waals surface area contributed by atoms with Crippen molar-refractivity contribution in [3.63, 3.8) is 0 Å². The van der Waals surface area contributed by atoms with Gasteiger partial charge >= 0.3 is 5.97 Å². The van der Waals surface area contributed by atoms with E-state index in [0.29, 0.717) is 5.92 Å². The first-order valence-electron chi connectivity index (χ1n) is 6.92. The zero-order chi connectivity index (χ0) is 13.2. The molecule has 0 unspecified atom stereocenters. The number of nitrogens with zero attached hydrogens (tertiary/aromatic N) is 1. The summed E-state index contributed by atoms with van der Waals surface area (Å²) in [5, 5.41) is 0. The summed E-state index contributed by atoms with van der Waals surface area (Å²) in [6.45, 7) is 0. The van der Waals surface area contributed by atoms with Gasteiger partial charge in [0.05, 0.1) is 13.0 Å². The van der Waals surface area contributed by atoms with Crippen molar-refractivity contribution >= 4 is 11.5 Å². The van der Waals surface area contributed by atoms with Crippen molar-refractivity contribution in [2.75, 3.05) is 7.11 Å². The van der Waals surface area contributed by atoms with Gasteiger partial charge in [0.2, 0.25) is 0 Å². The average Bonchev–Trinajstić information content (AvgIpc) is 2.90. The van der Waals surface area contributed by atoms with Crippen LogP contribution in [0, 0.1) is 5.92 Å². The van der Waals surface area contributed by atoms with E-state index in [1.807, 2.05) is 6.07 Å². The summed E-state index contributed by atoms with van der Waals surface area (Å²) in [6.07, 6.45) is 8.36. The molecule has 2 aromatic rings. The molecule has 1 aliphatic rings. The van der Waals surface area contributed by atoms with Gasteiger partial charge in [-0.1, -0.05) is 6.07 Å². The van der Waals surface area contributed by atoms with Gasteiger partial charge in [-0.05, 0) is 55.4 Å². The summed E-state index contributed by atoms with van der Waals surface area (Å²) in [5.74, 6) is 0.652. The third-order valence-corrected chi connectivity index (χ3v) is 4.26. The lowest BCUT2D eigenvalue weighted by Crippen LogP contribution is -2.21. The predicted molar refractivity (Wildman–Crippen MR) is 74.1 cm³/mol. The highest BCUT2D eigenvalue weighted by Crippen LogP contribution is 2.36. The number of hydrogen-bond donors (Lipinski definition) is 0. The summed E-state index contributed by atoms with van der Waals surface area (Å²) in [5.41, 5.74) is 2.64. The van der Waals surface area contributed by atoms with Crippen LogP contribution in [-0.2, 0) is 9.53 Å². The highest BCUT2D eigenvalue weighted by Gasteiger charge is 2.27. The molecule has 0 N–H and O–H groups in total. The van der Waals surface area contributed by atoms with Gasteiger partial charge in [-0.2, -0.15) is 0 Å². The zero-order valence-corrected chi connectivity index (χ0v) is 11.2. The van der Waals surface area contributed by atoms with Crippen LogP contribution in [0.3, 0.4) is 0 Å². The Bertz CT molecular complexity index is 546. The Balaban J connectivity index is 1.72. The molecule has 1 aliphatic carbocycles. The molecular formula is C16H19NO2. The molecule has 19 heavy (non-hydrogen) atoms. The summed E-state index contributed by atoms with van der Waals surface area (Å²) in [7, 11) is 1.48. The van der Waals surface area contributed by atoms with Gasteiger partial charge in [0.25, 0.3) is 0 Å². The summed E-state index contributed by atoms with van der Waals surface area (Å²) < 4.78 is 7.00. The first-order valence-corrected chi connectivity index (χ1v) is 6.92. The number of esters is 1. The highest BCUT2D eigenvalue weighted by molar-refractivity contribution is 5.72. The molecule has 100 valence electrons. The zero-order valence-electron chi connectivity index (χ0n) is 11.2. The molecule has 0 bridgehead atoms. The van der Waals surface area contributed by atoms with Crippen molar-refractivity contribution < 1.29 is 9.53 Å². The molecule has 0 radical (unpaired) electrons. The van der Waals surface area contributed by atoms with Crippen molar-refractivity contribution in [2.45, 2.75) is 31.6 Å². The maximum absolute atomic E-state index is 11.5. The smallest absolute Gasteiger partial charge is 0.308 e. The molecule has 3 rings (SSSR count). The summed E-state index contributed by atoms with van der Waals surface area (Å²) >= 11 is 0. The van der Waals surface area contributed by atoms with Gasteiger partial charge < -0.3 is 9.14 Å². The first kappa shape index (κ1) is 12.3. The Morgan fingerprint density at radius 3 is 2.74 bits per heavy atom. The molecule has 1 saturated carbocycles. The van der Waals surface area contributed by atoms with Crippen LogP contribution in [0.1, 0.15) is 37.2 Å². The van der Waals surface area contributed by atoms with E-state index >= 15 is 0 Å². The molecule has 1 fully saturated rings. The van der Waals surface area contributed by atoms with Gasteiger partial charge in [-0.3, -0.25) is 4.79 Å². The van der Waals surface area contributed by atoms with Crippen molar-refractivity contribution in [3.8, 4) is 0 Å². The quantitative estimate of drug-likeness (QED) is 0.772. The molecule has 0 amide bonds. The van der Waals surface area contributed by atoms with Gasteiger partial charge in [-0.25, -0.2) is 0 Å². The second-order valence-corrected chi connectivity index (χ2v) is 5.38. The monoisotopic (exact) mass is 257 g/mol. The van der Waals surface area contributed by atoms with Crippen LogP contribution in [0.25, 0.3) is 5.52 Å². The van der Waals surface area contributed by atoms with Crippen LogP contribution < -0.4 is 0 Å². The van der Waals surface area contributed by atoms with E-state index in [4.69, 9.17) is 4.74 Å². The number of carbonyl (C=O) groups is 1. The van der Waals surface area contributed by atoms with Gasteiger partial charge in [-0.15, -0.1) is 0 Å². The first-order chi connectivity index (χ1) is 9.28. The predicted octanol–water partition coefficient (Wildman–Crippen LogP) is 3.39. The van der Waals surface area contributed by atoms with Crippen LogP contribution in [0.4, 0.5) is 0 Å². The van der Waals surface area contributed by atoms with Crippen LogP contribution in [0.15, 0.2) is 36.7 Å². The van der Waals surface area contributed by atoms with Crippen LogP contribution >= 0.6 is 0 Å². The lowest BCUT2D eigenvalue weighted by molar-refractivity contribution is -0.146. The minimum Gasteiger partial charge on any atom is -0.469 e. The maximum atomic E-state index is 11.5. The third-order valence-electron chi connectivity index (χ3n) is 4.26. The second kappa shape index (κ2) is 5.08. The van der Waals surface area contributed by atoms with E-state index < -0.39 is 0 Å². The van der Waals surface area contributed by atoms with Crippen molar-refractivity contribution in [2.24, 2.45) is 5.92 Å². The van der Waals surface area contributed by atoms with Crippen LogP contribution in [0.5, 0.6) is 0 Å². The molecule has 3 heteroatoms. The second-order valence-electron chi connectivity index (χ2n) is 5.38. The number of ether oxygens (including phenoxy) is 1. The lowest BCUT2D eigenvalue weighted by atomic mass is 9.79. The van der Waals surface area contributed by atoms with E-state index in [2.05, 4.69) is 35.0 Å². The molecule has 0 saturated heterocycles. The largest absolute Gasteiger partial charge is 0.469 e.